The lowest BCUT2D eigenvalue weighted by molar-refractivity contribution is 0.0224. The van der Waals surface area contributed by atoms with E-state index >= 15 is 0 Å². The van der Waals surface area contributed by atoms with Gasteiger partial charge in [0.25, 0.3) is 0 Å². The van der Waals surface area contributed by atoms with E-state index in [9.17, 15) is 13.5 Å². The van der Waals surface area contributed by atoms with Gasteiger partial charge in [0.15, 0.2) is 0 Å². The van der Waals surface area contributed by atoms with Crippen molar-refractivity contribution in [1.82, 2.24) is 4.31 Å². The number of nitrogens with zero attached hydrogens (tertiary/aromatic N) is 1. The average molecular weight is 327 g/mol. The third kappa shape index (κ3) is 3.07. The molecule has 0 aromatic heterocycles. The van der Waals surface area contributed by atoms with Crippen molar-refractivity contribution in [3.05, 3.63) is 27.8 Å². The molecule has 0 bridgehead atoms. The number of benzene rings is 1. The zero-order valence-corrected chi connectivity index (χ0v) is 16.0. The van der Waals surface area contributed by atoms with Crippen LogP contribution >= 0.6 is 0 Å². The molecule has 0 radical (unpaired) electrons. The minimum Gasteiger partial charge on any atom is -0.389 e. The Labute approximate surface area is 135 Å². The largest absolute Gasteiger partial charge is 0.389 e. The smallest absolute Gasteiger partial charge is 0.243 e. The van der Waals surface area contributed by atoms with Crippen LogP contribution in [0.1, 0.15) is 48.6 Å². The van der Waals surface area contributed by atoms with Crippen molar-refractivity contribution in [2.24, 2.45) is 0 Å². The van der Waals surface area contributed by atoms with Gasteiger partial charge in [0.1, 0.15) is 0 Å². The maximum atomic E-state index is 13.1. The summed E-state index contributed by atoms with van der Waals surface area (Å²) in [7, 11) is -2.14. The van der Waals surface area contributed by atoms with Gasteiger partial charge in [0.2, 0.25) is 10.0 Å². The van der Waals surface area contributed by atoms with Gasteiger partial charge in [-0.2, -0.15) is 4.31 Å². The van der Waals surface area contributed by atoms with Crippen molar-refractivity contribution in [3.63, 3.8) is 0 Å². The molecule has 1 aromatic rings. The van der Waals surface area contributed by atoms with Crippen LogP contribution in [0.5, 0.6) is 0 Å². The topological polar surface area (TPSA) is 57.6 Å². The number of hydrogen-bond donors (Lipinski definition) is 1. The van der Waals surface area contributed by atoms with Crippen LogP contribution in [0, 0.1) is 34.6 Å². The van der Waals surface area contributed by atoms with Gasteiger partial charge in [-0.05, 0) is 83.2 Å². The maximum absolute atomic E-state index is 13.1. The van der Waals surface area contributed by atoms with Crippen LogP contribution in [-0.2, 0) is 10.0 Å². The van der Waals surface area contributed by atoms with Crippen LogP contribution in [0.2, 0.25) is 0 Å². The summed E-state index contributed by atoms with van der Waals surface area (Å²) >= 11 is 0. The predicted molar refractivity (Wildman–Crippen MR) is 90.8 cm³/mol. The van der Waals surface area contributed by atoms with Crippen molar-refractivity contribution in [3.8, 4) is 0 Å². The van der Waals surface area contributed by atoms with E-state index in [0.717, 1.165) is 27.8 Å². The highest BCUT2D eigenvalue weighted by Gasteiger charge is 2.36. The number of hydrogen-bond acceptors (Lipinski definition) is 3. The number of likely N-dealkylation sites (N-methyl/N-ethyl adjacent to an activating group) is 1. The van der Waals surface area contributed by atoms with E-state index in [0.29, 0.717) is 4.90 Å². The fourth-order valence-electron chi connectivity index (χ4n) is 2.65. The monoisotopic (exact) mass is 327 g/mol. The van der Waals surface area contributed by atoms with Gasteiger partial charge in [-0.25, -0.2) is 8.42 Å². The van der Waals surface area contributed by atoms with Crippen LogP contribution in [0.4, 0.5) is 0 Å². The molecule has 0 aliphatic rings. The molecule has 0 fully saturated rings. The Bertz CT molecular complexity index is 656. The summed E-state index contributed by atoms with van der Waals surface area (Å²) in [5.41, 5.74) is 3.60. The van der Waals surface area contributed by atoms with Gasteiger partial charge in [0, 0.05) is 7.05 Å². The Morgan fingerprint density at radius 1 is 0.909 bits per heavy atom. The third-order valence-electron chi connectivity index (χ3n) is 5.14. The Morgan fingerprint density at radius 3 is 1.55 bits per heavy atom. The molecule has 126 valence electrons. The summed E-state index contributed by atoms with van der Waals surface area (Å²) in [5, 5.41) is 10.2. The van der Waals surface area contributed by atoms with Crippen LogP contribution in [0.3, 0.4) is 0 Å². The molecule has 0 saturated carbocycles. The van der Waals surface area contributed by atoms with E-state index in [1.54, 1.807) is 20.8 Å². The molecule has 5 heteroatoms. The molecule has 0 spiro atoms. The number of rotatable bonds is 4. The second-order valence-corrected chi connectivity index (χ2v) is 8.74. The summed E-state index contributed by atoms with van der Waals surface area (Å²) in [6.45, 7) is 14.6. The van der Waals surface area contributed by atoms with E-state index in [1.165, 1.54) is 11.4 Å². The van der Waals surface area contributed by atoms with Gasteiger partial charge in [-0.3, -0.25) is 0 Å². The molecular formula is C17H29NO3S. The van der Waals surface area contributed by atoms with Crippen LogP contribution < -0.4 is 0 Å². The molecule has 0 saturated heterocycles. The third-order valence-corrected chi connectivity index (χ3v) is 7.34. The van der Waals surface area contributed by atoms with E-state index < -0.39 is 21.7 Å². The Kier molecular flexibility index (Phi) is 5.17. The Balaban J connectivity index is 3.62. The normalized spacial score (nSPS) is 14.5. The van der Waals surface area contributed by atoms with E-state index in [2.05, 4.69) is 0 Å². The van der Waals surface area contributed by atoms with Gasteiger partial charge in [-0.1, -0.05) is 0 Å². The van der Waals surface area contributed by atoms with E-state index in [4.69, 9.17) is 0 Å². The summed E-state index contributed by atoms with van der Waals surface area (Å²) in [6.07, 6.45) is 0. The average Bonchev–Trinajstić information content (AvgIpc) is 2.40. The fourth-order valence-corrected chi connectivity index (χ4v) is 4.69. The molecule has 0 amide bonds. The summed E-state index contributed by atoms with van der Waals surface area (Å²) in [4.78, 5) is 0.367. The Hall–Kier alpha value is -0.910. The first-order valence-corrected chi connectivity index (χ1v) is 8.96. The molecule has 0 heterocycles. The first kappa shape index (κ1) is 19.1. The highest BCUT2D eigenvalue weighted by Crippen LogP contribution is 2.32. The molecule has 0 aliphatic carbocycles. The maximum Gasteiger partial charge on any atom is 0.243 e. The van der Waals surface area contributed by atoms with Crippen LogP contribution in [-0.4, -0.2) is 36.5 Å². The van der Waals surface area contributed by atoms with Crippen molar-refractivity contribution in [1.29, 1.82) is 0 Å². The summed E-state index contributed by atoms with van der Waals surface area (Å²) in [5.74, 6) is 0. The predicted octanol–water partition coefficient (Wildman–Crippen LogP) is 3.01. The molecule has 22 heavy (non-hydrogen) atoms. The molecule has 1 aromatic carbocycles. The van der Waals surface area contributed by atoms with Gasteiger partial charge < -0.3 is 5.11 Å². The summed E-state index contributed by atoms with van der Waals surface area (Å²) < 4.78 is 27.5. The lowest BCUT2D eigenvalue weighted by Gasteiger charge is -2.34. The minimum absolute atomic E-state index is 0.367. The SMILES string of the molecule is Cc1c(C)c(C)c(S(=O)(=O)N(C)C(C)C(C)(C)O)c(C)c1C. The molecule has 1 atom stereocenters. The molecule has 0 aliphatic heterocycles. The van der Waals surface area contributed by atoms with Gasteiger partial charge in [0.05, 0.1) is 16.5 Å². The van der Waals surface area contributed by atoms with Crippen molar-refractivity contribution >= 4 is 10.0 Å². The highest BCUT2D eigenvalue weighted by atomic mass is 32.2. The zero-order chi connectivity index (χ0) is 17.6. The lowest BCUT2D eigenvalue weighted by atomic mass is 9.95. The molecule has 1 rings (SSSR count). The Morgan fingerprint density at radius 2 is 1.23 bits per heavy atom. The molecule has 1 unspecified atom stereocenters. The van der Waals surface area contributed by atoms with Crippen LogP contribution in [0.15, 0.2) is 4.90 Å². The first-order valence-electron chi connectivity index (χ1n) is 7.52. The highest BCUT2D eigenvalue weighted by molar-refractivity contribution is 7.89. The van der Waals surface area contributed by atoms with Crippen molar-refractivity contribution < 1.29 is 13.5 Å². The number of aliphatic hydroxyl groups is 1. The van der Waals surface area contributed by atoms with E-state index in [-0.39, 0.29) is 0 Å². The van der Waals surface area contributed by atoms with Crippen molar-refractivity contribution in [2.45, 2.75) is 71.9 Å². The van der Waals surface area contributed by atoms with Crippen molar-refractivity contribution in [2.75, 3.05) is 7.05 Å². The quantitative estimate of drug-likeness (QED) is 0.925. The first-order chi connectivity index (χ1) is 9.74. The number of sulfonamides is 1. The zero-order valence-electron chi connectivity index (χ0n) is 15.2. The lowest BCUT2D eigenvalue weighted by Crippen LogP contribution is -2.48. The minimum atomic E-state index is -3.67. The van der Waals surface area contributed by atoms with Crippen LogP contribution in [0.25, 0.3) is 0 Å². The van der Waals surface area contributed by atoms with Gasteiger partial charge in [-0.15, -0.1) is 0 Å². The van der Waals surface area contributed by atoms with Gasteiger partial charge >= 0.3 is 0 Å². The van der Waals surface area contributed by atoms with E-state index in [1.807, 2.05) is 34.6 Å². The second-order valence-electron chi connectivity index (χ2n) is 6.81. The molecule has 4 nitrogen and oxygen atoms in total. The molecule has 1 N–H and O–H groups in total. The molecular weight excluding hydrogens is 298 g/mol. The standard InChI is InChI=1S/C17H29NO3S/c1-10-11(2)13(4)16(14(5)12(10)3)22(20,21)18(9)15(6)17(7,8)19/h15,19H,1-9H3. The second kappa shape index (κ2) is 5.95. The fraction of sp³-hybridized carbons (Fsp3) is 0.647. The summed E-state index contributed by atoms with van der Waals surface area (Å²) in [6, 6.07) is -0.529.